The fraction of sp³-hybridized carbons (Fsp3) is 0.417. The summed E-state index contributed by atoms with van der Waals surface area (Å²) in [5, 5.41) is 2.83. The van der Waals surface area contributed by atoms with E-state index < -0.39 is 10.0 Å². The van der Waals surface area contributed by atoms with Crippen LogP contribution in [0.1, 0.15) is 31.2 Å². The van der Waals surface area contributed by atoms with Gasteiger partial charge in [0.25, 0.3) is 0 Å². The van der Waals surface area contributed by atoms with Crippen molar-refractivity contribution in [2.45, 2.75) is 42.0 Å². The lowest BCUT2D eigenvalue weighted by Crippen LogP contribution is -2.43. The molecule has 4 rings (SSSR count). The molecule has 0 aromatic heterocycles. The van der Waals surface area contributed by atoms with Gasteiger partial charge in [-0.2, -0.15) is 4.31 Å². The number of anilines is 1. The number of nitrogens with zero attached hydrogens (tertiary/aromatic N) is 2. The maximum atomic E-state index is 13.3. The standard InChI is InChI=1S/C24H29N3O5S2/c1-32-19-8-6-18(7-9-19)15-25-23(28)16-27-21-14-20(10-11-22(21)33-17-24(27)29)34(30,31)26-12-4-2-3-5-13-26/h6-11,14H,2-5,12-13,15-17H2,1H3,(H,25,28). The molecule has 1 N–H and O–H groups in total. The number of carbonyl (C=O) groups is 2. The first-order chi connectivity index (χ1) is 16.4. The van der Waals surface area contributed by atoms with E-state index >= 15 is 0 Å². The van der Waals surface area contributed by atoms with Gasteiger partial charge >= 0.3 is 0 Å². The van der Waals surface area contributed by atoms with E-state index in [0.717, 1.165) is 41.9 Å². The first-order valence-corrected chi connectivity index (χ1v) is 13.8. The van der Waals surface area contributed by atoms with Gasteiger partial charge in [0.1, 0.15) is 12.3 Å². The summed E-state index contributed by atoms with van der Waals surface area (Å²) in [6.07, 6.45) is 3.75. The Bertz CT molecular complexity index is 1140. The van der Waals surface area contributed by atoms with Crippen LogP contribution in [0.15, 0.2) is 52.3 Å². The highest BCUT2D eigenvalue weighted by Gasteiger charge is 2.31. The van der Waals surface area contributed by atoms with Crippen LogP contribution in [-0.4, -0.2) is 57.0 Å². The summed E-state index contributed by atoms with van der Waals surface area (Å²) in [6.45, 7) is 1.15. The first kappa shape index (κ1) is 24.6. The number of hydrogen-bond donors (Lipinski definition) is 1. The SMILES string of the molecule is COc1ccc(CNC(=O)CN2C(=O)CSc3ccc(S(=O)(=O)N4CCCCCC4)cc32)cc1. The van der Waals surface area contributed by atoms with Crippen LogP contribution in [0.5, 0.6) is 5.75 Å². The van der Waals surface area contributed by atoms with Crippen LogP contribution in [0.2, 0.25) is 0 Å². The lowest BCUT2D eigenvalue weighted by molar-refractivity contribution is -0.123. The Morgan fingerprint density at radius 3 is 2.44 bits per heavy atom. The molecule has 8 nitrogen and oxygen atoms in total. The van der Waals surface area contributed by atoms with Gasteiger partial charge in [-0.1, -0.05) is 25.0 Å². The molecule has 0 atom stereocenters. The predicted molar refractivity (Wildman–Crippen MR) is 132 cm³/mol. The zero-order valence-electron chi connectivity index (χ0n) is 19.2. The van der Waals surface area contributed by atoms with Gasteiger partial charge in [0, 0.05) is 24.5 Å². The number of amides is 2. The topological polar surface area (TPSA) is 96.0 Å². The van der Waals surface area contributed by atoms with Crippen molar-refractivity contribution in [3.05, 3.63) is 48.0 Å². The monoisotopic (exact) mass is 503 g/mol. The van der Waals surface area contributed by atoms with E-state index in [-0.39, 0.29) is 29.0 Å². The molecule has 1 fully saturated rings. The summed E-state index contributed by atoms with van der Waals surface area (Å²) in [5.74, 6) is 0.398. The third kappa shape index (κ3) is 5.56. The minimum Gasteiger partial charge on any atom is -0.497 e. The normalized spacial score (nSPS) is 17.1. The van der Waals surface area contributed by atoms with Crippen molar-refractivity contribution >= 4 is 39.3 Å². The Balaban J connectivity index is 1.50. The Kier molecular flexibility index (Phi) is 7.80. The van der Waals surface area contributed by atoms with Crippen molar-refractivity contribution in [1.82, 2.24) is 9.62 Å². The number of thioether (sulfide) groups is 1. The van der Waals surface area contributed by atoms with Gasteiger partial charge in [-0.25, -0.2) is 8.42 Å². The summed E-state index contributed by atoms with van der Waals surface area (Å²) in [7, 11) is -2.07. The van der Waals surface area contributed by atoms with Crippen molar-refractivity contribution in [3.8, 4) is 5.75 Å². The molecule has 0 radical (unpaired) electrons. The lowest BCUT2D eigenvalue weighted by atomic mass is 10.2. The van der Waals surface area contributed by atoms with Crippen molar-refractivity contribution in [1.29, 1.82) is 0 Å². The molecule has 2 aliphatic rings. The number of ether oxygens (including phenoxy) is 1. The molecule has 2 aromatic rings. The van der Waals surface area contributed by atoms with Gasteiger partial charge in [-0.05, 0) is 48.7 Å². The van der Waals surface area contributed by atoms with Gasteiger partial charge in [-0.15, -0.1) is 11.8 Å². The zero-order valence-corrected chi connectivity index (χ0v) is 20.8. The van der Waals surface area contributed by atoms with Crippen molar-refractivity contribution < 1.29 is 22.7 Å². The second-order valence-corrected chi connectivity index (χ2v) is 11.3. The number of nitrogens with one attached hydrogen (secondary N) is 1. The molecule has 0 saturated carbocycles. The van der Waals surface area contributed by atoms with E-state index in [1.165, 1.54) is 27.0 Å². The first-order valence-electron chi connectivity index (χ1n) is 11.4. The van der Waals surface area contributed by atoms with Crippen LogP contribution >= 0.6 is 11.8 Å². The molecule has 2 heterocycles. The highest BCUT2D eigenvalue weighted by molar-refractivity contribution is 8.00. The summed E-state index contributed by atoms with van der Waals surface area (Å²) in [6, 6.07) is 12.2. The second kappa shape index (κ2) is 10.8. The molecule has 2 aromatic carbocycles. The van der Waals surface area contributed by atoms with Crippen LogP contribution in [0, 0.1) is 0 Å². The number of rotatable bonds is 7. The highest BCUT2D eigenvalue weighted by Crippen LogP contribution is 2.37. The zero-order chi connectivity index (χ0) is 24.1. The Hall–Kier alpha value is -2.56. The third-order valence-electron chi connectivity index (χ3n) is 6.03. The number of sulfonamides is 1. The minimum absolute atomic E-state index is 0.159. The van der Waals surface area contributed by atoms with Crippen LogP contribution < -0.4 is 15.0 Å². The van der Waals surface area contributed by atoms with E-state index in [9.17, 15) is 18.0 Å². The molecule has 34 heavy (non-hydrogen) atoms. The van der Waals surface area contributed by atoms with Gasteiger partial charge < -0.3 is 15.0 Å². The number of methoxy groups -OCH3 is 1. The van der Waals surface area contributed by atoms with Gasteiger partial charge in [-0.3, -0.25) is 9.59 Å². The molecular weight excluding hydrogens is 474 g/mol. The quantitative estimate of drug-likeness (QED) is 0.624. The van der Waals surface area contributed by atoms with E-state index in [1.54, 1.807) is 19.2 Å². The van der Waals surface area contributed by atoms with E-state index in [1.807, 2.05) is 24.3 Å². The molecule has 0 bridgehead atoms. The summed E-state index contributed by atoms with van der Waals surface area (Å²) >= 11 is 1.36. The molecule has 2 amide bonds. The van der Waals surface area contributed by atoms with Gasteiger partial charge in [0.05, 0.1) is 23.4 Å². The molecule has 0 spiro atoms. The fourth-order valence-electron chi connectivity index (χ4n) is 4.09. The van der Waals surface area contributed by atoms with Crippen LogP contribution in [-0.2, 0) is 26.2 Å². The molecule has 182 valence electrons. The Labute approximate surface area is 204 Å². The molecule has 10 heteroatoms. The van der Waals surface area contributed by atoms with Gasteiger partial charge in [0.2, 0.25) is 21.8 Å². The smallest absolute Gasteiger partial charge is 0.243 e. The van der Waals surface area contributed by atoms with E-state index in [4.69, 9.17) is 4.74 Å². The summed E-state index contributed by atoms with van der Waals surface area (Å²) < 4.78 is 33.2. The third-order valence-corrected chi connectivity index (χ3v) is 8.97. The summed E-state index contributed by atoms with van der Waals surface area (Å²) in [5.41, 5.74) is 1.37. The summed E-state index contributed by atoms with van der Waals surface area (Å²) in [4.78, 5) is 27.7. The Morgan fingerprint density at radius 2 is 1.76 bits per heavy atom. The molecule has 0 aliphatic carbocycles. The van der Waals surface area contributed by atoms with E-state index in [0.29, 0.717) is 25.3 Å². The van der Waals surface area contributed by atoms with E-state index in [2.05, 4.69) is 5.32 Å². The van der Waals surface area contributed by atoms with Crippen molar-refractivity contribution in [2.75, 3.05) is 37.4 Å². The number of fused-ring (bicyclic) bond motifs is 1. The lowest BCUT2D eigenvalue weighted by Gasteiger charge is -2.29. The average Bonchev–Trinajstić information content (AvgIpc) is 3.15. The van der Waals surface area contributed by atoms with Crippen molar-refractivity contribution in [3.63, 3.8) is 0 Å². The number of hydrogen-bond acceptors (Lipinski definition) is 6. The average molecular weight is 504 g/mol. The van der Waals surface area contributed by atoms with Crippen LogP contribution in [0.3, 0.4) is 0 Å². The largest absolute Gasteiger partial charge is 0.497 e. The maximum Gasteiger partial charge on any atom is 0.243 e. The predicted octanol–water partition coefficient (Wildman–Crippen LogP) is 3.02. The highest BCUT2D eigenvalue weighted by atomic mass is 32.2. The van der Waals surface area contributed by atoms with Crippen LogP contribution in [0.25, 0.3) is 0 Å². The van der Waals surface area contributed by atoms with Crippen molar-refractivity contribution in [2.24, 2.45) is 0 Å². The fourth-order valence-corrected chi connectivity index (χ4v) is 6.54. The Morgan fingerprint density at radius 1 is 1.06 bits per heavy atom. The number of carbonyl (C=O) groups excluding carboxylic acids is 2. The van der Waals surface area contributed by atoms with Crippen LogP contribution in [0.4, 0.5) is 5.69 Å². The second-order valence-electron chi connectivity index (χ2n) is 8.34. The van der Waals surface area contributed by atoms with Gasteiger partial charge in [0.15, 0.2) is 0 Å². The number of benzene rings is 2. The molecule has 1 saturated heterocycles. The molecule has 2 aliphatic heterocycles. The molecular formula is C24H29N3O5S2. The maximum absolute atomic E-state index is 13.3. The molecule has 0 unspecified atom stereocenters. The minimum atomic E-state index is -3.66.